The Morgan fingerprint density at radius 1 is 1.00 bits per heavy atom. The van der Waals surface area contributed by atoms with Crippen molar-refractivity contribution in [3.05, 3.63) is 93.5 Å². The van der Waals surface area contributed by atoms with Crippen molar-refractivity contribution in [3.63, 3.8) is 0 Å². The zero-order chi connectivity index (χ0) is 20.0. The van der Waals surface area contributed by atoms with Crippen molar-refractivity contribution < 1.29 is 9.47 Å². The molecule has 0 fully saturated rings. The first-order valence-corrected chi connectivity index (χ1v) is 10.1. The predicted molar refractivity (Wildman–Crippen MR) is 115 cm³/mol. The molecule has 0 aromatic heterocycles. The molecule has 0 saturated carbocycles. The van der Waals surface area contributed by atoms with Gasteiger partial charge in [0, 0.05) is 27.6 Å². The van der Waals surface area contributed by atoms with E-state index in [-0.39, 0.29) is 12.3 Å². The summed E-state index contributed by atoms with van der Waals surface area (Å²) in [5.41, 5.74) is 4.08. The van der Waals surface area contributed by atoms with Gasteiger partial charge in [-0.25, -0.2) is 5.01 Å². The van der Waals surface area contributed by atoms with Crippen LogP contribution in [0.15, 0.2) is 71.8 Å². The third kappa shape index (κ3) is 3.33. The highest BCUT2D eigenvalue weighted by molar-refractivity contribution is 6.31. The summed E-state index contributed by atoms with van der Waals surface area (Å²) in [6, 6.07) is 21.5. The van der Waals surface area contributed by atoms with Gasteiger partial charge in [0.15, 0.2) is 0 Å². The molecule has 4 nitrogen and oxygen atoms in total. The van der Waals surface area contributed by atoms with Gasteiger partial charge in [0.05, 0.1) is 18.9 Å². The van der Waals surface area contributed by atoms with Crippen LogP contribution in [0.1, 0.15) is 35.4 Å². The molecule has 5 rings (SSSR count). The Labute approximate surface area is 179 Å². The van der Waals surface area contributed by atoms with Crippen molar-refractivity contribution in [2.24, 2.45) is 5.10 Å². The molecule has 2 heterocycles. The topological polar surface area (TPSA) is 34.1 Å². The fourth-order valence-corrected chi connectivity index (χ4v) is 4.20. The molecule has 146 valence electrons. The van der Waals surface area contributed by atoms with Crippen LogP contribution in [0.25, 0.3) is 0 Å². The van der Waals surface area contributed by atoms with E-state index < -0.39 is 0 Å². The Kier molecular flexibility index (Phi) is 4.61. The number of nitrogens with zero attached hydrogens (tertiary/aromatic N) is 2. The number of benzene rings is 3. The molecule has 2 aliphatic heterocycles. The van der Waals surface area contributed by atoms with Crippen LogP contribution in [0, 0.1) is 0 Å². The summed E-state index contributed by atoms with van der Waals surface area (Å²) in [5, 5.41) is 8.37. The standard InChI is InChI=1S/C23H18Cl2N2O2/c1-28-18-4-2-3-15(11-18)23-27-21(19-12-17(25)9-10-22(19)29-23)13-20(26-27)14-5-7-16(24)8-6-14/h2-12,21,23H,13H2,1H3/t21-,23+/m0/s1. The van der Waals surface area contributed by atoms with Crippen LogP contribution in [0.2, 0.25) is 10.0 Å². The summed E-state index contributed by atoms with van der Waals surface area (Å²) in [5.74, 6) is 1.61. The van der Waals surface area contributed by atoms with Crippen LogP contribution in [-0.2, 0) is 0 Å². The molecule has 2 atom stereocenters. The second kappa shape index (κ2) is 7.29. The number of hydrogen-bond acceptors (Lipinski definition) is 4. The average Bonchev–Trinajstić information content (AvgIpc) is 3.19. The summed E-state index contributed by atoms with van der Waals surface area (Å²) in [6.07, 6.45) is 0.410. The van der Waals surface area contributed by atoms with E-state index >= 15 is 0 Å². The normalized spacial score (nSPS) is 19.8. The third-order valence-electron chi connectivity index (χ3n) is 5.31. The highest BCUT2D eigenvalue weighted by Gasteiger charge is 2.41. The Hall–Kier alpha value is -2.69. The molecular weight excluding hydrogens is 407 g/mol. The molecule has 0 bridgehead atoms. The van der Waals surface area contributed by atoms with Gasteiger partial charge >= 0.3 is 0 Å². The first kappa shape index (κ1) is 18.3. The summed E-state index contributed by atoms with van der Waals surface area (Å²) in [4.78, 5) is 0. The minimum absolute atomic E-state index is 0.0410. The Bertz CT molecular complexity index is 1100. The number of ether oxygens (including phenoxy) is 2. The van der Waals surface area contributed by atoms with Crippen LogP contribution in [0.4, 0.5) is 0 Å². The molecule has 0 radical (unpaired) electrons. The maximum absolute atomic E-state index is 6.37. The average molecular weight is 425 g/mol. The fourth-order valence-electron chi connectivity index (χ4n) is 3.89. The quantitative estimate of drug-likeness (QED) is 0.498. The highest BCUT2D eigenvalue weighted by Crippen LogP contribution is 2.48. The second-order valence-electron chi connectivity index (χ2n) is 7.08. The number of hydrazone groups is 1. The number of methoxy groups -OCH3 is 1. The molecule has 3 aromatic carbocycles. The number of hydrogen-bond donors (Lipinski definition) is 0. The molecular formula is C23H18Cl2N2O2. The zero-order valence-corrected chi connectivity index (χ0v) is 17.2. The van der Waals surface area contributed by atoms with Crippen LogP contribution in [0.5, 0.6) is 11.5 Å². The molecule has 0 amide bonds. The minimum Gasteiger partial charge on any atom is -0.497 e. The van der Waals surface area contributed by atoms with Crippen molar-refractivity contribution in [2.75, 3.05) is 7.11 Å². The molecule has 6 heteroatoms. The molecule has 29 heavy (non-hydrogen) atoms. The van der Waals surface area contributed by atoms with Gasteiger partial charge in [0.2, 0.25) is 6.23 Å². The monoisotopic (exact) mass is 424 g/mol. The largest absolute Gasteiger partial charge is 0.497 e. The first-order chi connectivity index (χ1) is 14.1. The lowest BCUT2D eigenvalue weighted by atomic mass is 9.96. The van der Waals surface area contributed by atoms with E-state index in [1.807, 2.05) is 71.7 Å². The third-order valence-corrected chi connectivity index (χ3v) is 5.80. The molecule has 0 saturated heterocycles. The summed E-state index contributed by atoms with van der Waals surface area (Å²) < 4.78 is 11.8. The van der Waals surface area contributed by atoms with E-state index in [1.165, 1.54) is 0 Å². The van der Waals surface area contributed by atoms with Gasteiger partial charge in [0.1, 0.15) is 11.5 Å². The van der Waals surface area contributed by atoms with Gasteiger partial charge in [-0.05, 0) is 48.0 Å². The van der Waals surface area contributed by atoms with Gasteiger partial charge < -0.3 is 9.47 Å². The van der Waals surface area contributed by atoms with E-state index in [9.17, 15) is 0 Å². The van der Waals surface area contributed by atoms with Crippen molar-refractivity contribution in [1.29, 1.82) is 0 Å². The van der Waals surface area contributed by atoms with Crippen LogP contribution < -0.4 is 9.47 Å². The predicted octanol–water partition coefficient (Wildman–Crippen LogP) is 6.24. The van der Waals surface area contributed by atoms with E-state index in [2.05, 4.69) is 0 Å². The Morgan fingerprint density at radius 3 is 2.59 bits per heavy atom. The number of halogens is 2. The fraction of sp³-hybridized carbons (Fsp3) is 0.174. The first-order valence-electron chi connectivity index (χ1n) is 9.34. The number of fused-ring (bicyclic) bond motifs is 3. The maximum Gasteiger partial charge on any atom is 0.214 e. The molecule has 0 aliphatic carbocycles. The number of rotatable bonds is 3. The van der Waals surface area contributed by atoms with Crippen LogP contribution in [0.3, 0.4) is 0 Å². The molecule has 2 aliphatic rings. The van der Waals surface area contributed by atoms with E-state index in [1.54, 1.807) is 7.11 Å². The lowest BCUT2D eigenvalue weighted by molar-refractivity contribution is -0.0191. The lowest BCUT2D eigenvalue weighted by Crippen LogP contribution is -2.33. The summed E-state index contributed by atoms with van der Waals surface area (Å²) in [7, 11) is 1.66. The van der Waals surface area contributed by atoms with Gasteiger partial charge in [-0.2, -0.15) is 5.10 Å². The molecule has 0 spiro atoms. The minimum atomic E-state index is -0.353. The van der Waals surface area contributed by atoms with Crippen molar-refractivity contribution >= 4 is 28.9 Å². The van der Waals surface area contributed by atoms with Gasteiger partial charge in [-0.15, -0.1) is 0 Å². The van der Waals surface area contributed by atoms with Gasteiger partial charge in [-0.1, -0.05) is 47.5 Å². The Balaban J connectivity index is 1.60. The lowest BCUT2D eigenvalue weighted by Gasteiger charge is -2.38. The van der Waals surface area contributed by atoms with Gasteiger partial charge in [-0.3, -0.25) is 0 Å². The Morgan fingerprint density at radius 2 is 1.79 bits per heavy atom. The van der Waals surface area contributed by atoms with Crippen molar-refractivity contribution in [1.82, 2.24) is 5.01 Å². The molecule has 0 unspecified atom stereocenters. The van der Waals surface area contributed by atoms with E-state index in [4.69, 9.17) is 37.8 Å². The van der Waals surface area contributed by atoms with Crippen molar-refractivity contribution in [2.45, 2.75) is 18.7 Å². The summed E-state index contributed by atoms with van der Waals surface area (Å²) in [6.45, 7) is 0. The molecule has 0 N–H and O–H groups in total. The van der Waals surface area contributed by atoms with E-state index in [0.717, 1.165) is 40.3 Å². The van der Waals surface area contributed by atoms with Crippen LogP contribution in [-0.4, -0.2) is 17.8 Å². The van der Waals surface area contributed by atoms with Gasteiger partial charge in [0.25, 0.3) is 0 Å². The smallest absolute Gasteiger partial charge is 0.214 e. The summed E-state index contributed by atoms with van der Waals surface area (Å²) >= 11 is 12.3. The van der Waals surface area contributed by atoms with Crippen LogP contribution >= 0.6 is 23.2 Å². The SMILES string of the molecule is COc1cccc([C@H]2Oc3ccc(Cl)cc3[C@@H]3CC(c4ccc(Cl)cc4)=NN23)c1. The van der Waals surface area contributed by atoms with E-state index in [0.29, 0.717) is 10.0 Å². The zero-order valence-electron chi connectivity index (χ0n) is 15.7. The van der Waals surface area contributed by atoms with Crippen molar-refractivity contribution in [3.8, 4) is 11.5 Å². The second-order valence-corrected chi connectivity index (χ2v) is 7.96. The maximum atomic E-state index is 6.37. The highest BCUT2D eigenvalue weighted by atomic mass is 35.5. The molecule has 3 aromatic rings.